The van der Waals surface area contributed by atoms with Gasteiger partial charge in [-0.15, -0.1) is 0 Å². The second-order valence-electron chi connectivity index (χ2n) is 26.7. The van der Waals surface area contributed by atoms with Crippen molar-refractivity contribution in [3.63, 3.8) is 0 Å². The minimum absolute atomic E-state index is 0.143. The smallest absolute Gasteiger partial charge is 0.252 e. The molecule has 17 rings (SSSR count). The van der Waals surface area contributed by atoms with Gasteiger partial charge in [0.05, 0.1) is 16.7 Å². The Kier molecular flexibility index (Phi) is 14.7. The van der Waals surface area contributed by atoms with E-state index in [1.807, 2.05) is 0 Å². The van der Waals surface area contributed by atoms with Crippen LogP contribution in [0, 0.1) is 0 Å². The number of para-hydroxylation sites is 2. The van der Waals surface area contributed by atoms with E-state index >= 15 is 0 Å². The van der Waals surface area contributed by atoms with Crippen LogP contribution in [0.1, 0.15) is 50.7 Å². The van der Waals surface area contributed by atoms with E-state index < -0.39 is 16.1 Å². The van der Waals surface area contributed by atoms with Gasteiger partial charge in [-0.1, -0.05) is 313 Å². The van der Waals surface area contributed by atoms with E-state index in [-0.39, 0.29) is 6.71 Å². The topological polar surface area (TPSA) is 11.4 Å². The summed E-state index contributed by atoms with van der Waals surface area (Å²) >= 11 is 0. The molecule has 0 amide bonds. The van der Waals surface area contributed by atoms with Crippen molar-refractivity contribution in [3.05, 3.63) is 363 Å². The van der Waals surface area contributed by atoms with E-state index in [0.717, 1.165) is 28.4 Å². The monoisotopic (exact) mass is 1260 g/mol. The van der Waals surface area contributed by atoms with Crippen LogP contribution in [0.3, 0.4) is 0 Å². The second kappa shape index (κ2) is 24.1. The molecule has 0 spiro atoms. The maximum atomic E-state index is 2.68. The lowest BCUT2D eigenvalue weighted by Crippen LogP contribution is -2.74. The van der Waals surface area contributed by atoms with Gasteiger partial charge in [0.1, 0.15) is 0 Å². The molecule has 3 heterocycles. The summed E-state index contributed by atoms with van der Waals surface area (Å²) in [6.07, 6.45) is 0. The molecule has 0 atom stereocenters. The number of fused-ring (bicyclic) bond motifs is 7. The van der Waals surface area contributed by atoms with Crippen molar-refractivity contribution in [1.82, 2.24) is 4.57 Å². The number of anilines is 6. The molecule has 0 radical (unpaired) electrons. The largest absolute Gasteiger partial charge is 0.311 e. The van der Waals surface area contributed by atoms with Gasteiger partial charge in [0.2, 0.25) is 0 Å². The SMILES string of the molecule is CC(C)c1ccc2c(c1)c1cc(C(C)C)ccc1n2-c1cc2c3c(c1)N(c1cccc([Si](c4ccccc4)(c4ccccc4)c4ccccc4)c1)c1c(cccc1-c1ccccc1)B3c1ccccc1N2c1cccc([Si](c2ccccc2)(c2ccccc2)c2ccccc2)c1. The molecule has 14 aromatic carbocycles. The highest BCUT2D eigenvalue weighted by molar-refractivity contribution is 7.20. The first kappa shape index (κ1) is 58.8. The van der Waals surface area contributed by atoms with Crippen molar-refractivity contribution in [3.8, 4) is 16.8 Å². The minimum atomic E-state index is -3.05. The zero-order valence-electron chi connectivity index (χ0n) is 54.6. The van der Waals surface area contributed by atoms with Gasteiger partial charge in [0.15, 0.2) is 16.1 Å². The first-order valence-electron chi connectivity index (χ1n) is 34.0. The number of hydrogen-bond acceptors (Lipinski definition) is 2. The summed E-state index contributed by atoms with van der Waals surface area (Å²) in [4.78, 5) is 5.32. The Hall–Kier alpha value is -11.0. The van der Waals surface area contributed by atoms with Gasteiger partial charge >= 0.3 is 0 Å². The molecule has 0 N–H and O–H groups in total. The van der Waals surface area contributed by atoms with Gasteiger partial charge in [-0.2, -0.15) is 0 Å². The van der Waals surface area contributed by atoms with E-state index in [1.54, 1.807) is 0 Å². The molecular formula is C90H72BN3Si2. The fourth-order valence-corrected chi connectivity index (χ4v) is 26.0. The maximum Gasteiger partial charge on any atom is 0.252 e. The third-order valence-corrected chi connectivity index (χ3v) is 30.3. The molecule has 6 heteroatoms. The van der Waals surface area contributed by atoms with Crippen molar-refractivity contribution in [1.29, 1.82) is 0 Å². The standard InChI is InChI=1S/C90H72BN3Si2/c1-63(2)66-53-55-84-80(57-66)81-58-67(64(3)4)54-56-85(81)93(84)70-61-87-89-88(62-70)94(69-34-29-48-78(60-69)96(74-41-20-9-21-42-74,75-43-22-10-23-44-75)76-45-24-11-25-46-76)90-79(65-31-12-5-13-32-65)49-30-51-83(90)91(89)82-50-26-27-52-86(82)92(87)68-33-28-47-77(59-68)95(71-35-14-6-15-36-71,72-37-16-7-17-38-72)73-39-18-8-19-40-73/h5-64H,1-4H3. The van der Waals surface area contributed by atoms with Crippen LogP contribution in [-0.2, 0) is 0 Å². The Bertz CT molecular complexity index is 5110. The lowest BCUT2D eigenvalue weighted by molar-refractivity contribution is 0.868. The Balaban J connectivity index is 1.01. The van der Waals surface area contributed by atoms with Crippen molar-refractivity contribution < 1.29 is 0 Å². The van der Waals surface area contributed by atoms with Crippen molar-refractivity contribution in [2.45, 2.75) is 39.5 Å². The van der Waals surface area contributed by atoms with Gasteiger partial charge in [-0.3, -0.25) is 0 Å². The predicted molar refractivity (Wildman–Crippen MR) is 416 cm³/mol. The van der Waals surface area contributed by atoms with Crippen LogP contribution in [0.25, 0.3) is 38.6 Å². The molecule has 0 unspecified atom stereocenters. The molecule has 3 nitrogen and oxygen atoms in total. The van der Waals surface area contributed by atoms with E-state index in [4.69, 9.17) is 0 Å². The highest BCUT2D eigenvalue weighted by Crippen LogP contribution is 2.49. The third kappa shape index (κ3) is 9.37. The van der Waals surface area contributed by atoms with Gasteiger partial charge in [0.25, 0.3) is 6.71 Å². The Labute approximate surface area is 566 Å². The molecule has 2 aliphatic heterocycles. The van der Waals surface area contributed by atoms with E-state index in [9.17, 15) is 0 Å². The molecule has 0 saturated heterocycles. The molecule has 458 valence electrons. The predicted octanol–water partition coefficient (Wildman–Crippen LogP) is 15.5. The van der Waals surface area contributed by atoms with Gasteiger partial charge < -0.3 is 14.4 Å². The summed E-state index contributed by atoms with van der Waals surface area (Å²) in [5.41, 5.74) is 19.2. The molecule has 96 heavy (non-hydrogen) atoms. The first-order chi connectivity index (χ1) is 47.3. The fourth-order valence-electron chi connectivity index (χ4n) is 16.4. The van der Waals surface area contributed by atoms with Gasteiger partial charge in [-0.05, 0) is 153 Å². The summed E-state index contributed by atoms with van der Waals surface area (Å²) in [7, 11) is -6.06. The Morgan fingerprint density at radius 3 is 1.08 bits per heavy atom. The molecule has 2 aliphatic rings. The average Bonchev–Trinajstić information content (AvgIpc) is 0.820. The quantitative estimate of drug-likeness (QED) is 0.0794. The van der Waals surface area contributed by atoms with Crippen molar-refractivity contribution >= 4 is 137 Å². The van der Waals surface area contributed by atoms with Crippen LogP contribution in [0.15, 0.2) is 352 Å². The molecule has 0 aliphatic carbocycles. The molecule has 0 fully saturated rings. The molecule has 1 aromatic heterocycles. The van der Waals surface area contributed by atoms with Crippen LogP contribution in [0.2, 0.25) is 0 Å². The second-order valence-corrected chi connectivity index (χ2v) is 34.3. The summed E-state index contributed by atoms with van der Waals surface area (Å²) in [6, 6.07) is 135. The summed E-state index contributed by atoms with van der Waals surface area (Å²) in [5.74, 6) is 0.720. The fraction of sp³-hybridized carbons (Fsp3) is 0.0667. The lowest BCUT2D eigenvalue weighted by atomic mass is 9.33. The highest BCUT2D eigenvalue weighted by Gasteiger charge is 2.47. The normalized spacial score (nSPS) is 12.7. The zero-order chi connectivity index (χ0) is 64.5. The molecular weight excluding hydrogens is 1190 g/mol. The van der Waals surface area contributed by atoms with Gasteiger partial charge in [0, 0.05) is 50.5 Å². The average molecular weight is 1260 g/mol. The van der Waals surface area contributed by atoms with Gasteiger partial charge in [-0.25, -0.2) is 0 Å². The number of rotatable bonds is 14. The first-order valence-corrected chi connectivity index (χ1v) is 38.0. The third-order valence-electron chi connectivity index (χ3n) is 20.8. The number of hydrogen-bond donors (Lipinski definition) is 0. The Morgan fingerprint density at radius 1 is 0.281 bits per heavy atom. The van der Waals surface area contributed by atoms with Crippen molar-refractivity contribution in [2.24, 2.45) is 0 Å². The summed E-state index contributed by atoms with van der Waals surface area (Å²) in [6.45, 7) is 9.12. The summed E-state index contributed by atoms with van der Waals surface area (Å²) in [5, 5.41) is 13.2. The molecule has 0 saturated carbocycles. The molecule has 15 aromatic rings. The van der Waals surface area contributed by atoms with Crippen molar-refractivity contribution in [2.75, 3.05) is 9.80 Å². The number of aromatic nitrogens is 1. The van der Waals surface area contributed by atoms with Crippen LogP contribution in [0.5, 0.6) is 0 Å². The number of benzene rings is 14. The number of nitrogens with zero attached hydrogens (tertiary/aromatic N) is 3. The van der Waals surface area contributed by atoms with E-state index in [0.29, 0.717) is 11.8 Å². The van der Waals surface area contributed by atoms with E-state index in [1.165, 1.54) is 113 Å². The summed E-state index contributed by atoms with van der Waals surface area (Å²) < 4.78 is 2.59. The molecule has 0 bridgehead atoms. The Morgan fingerprint density at radius 2 is 0.646 bits per heavy atom. The van der Waals surface area contributed by atoms with Crippen LogP contribution in [0.4, 0.5) is 34.1 Å². The highest BCUT2D eigenvalue weighted by atomic mass is 28.3. The zero-order valence-corrected chi connectivity index (χ0v) is 56.6. The minimum Gasteiger partial charge on any atom is -0.311 e. The van der Waals surface area contributed by atoms with E-state index in [2.05, 4.69) is 394 Å². The van der Waals surface area contributed by atoms with Crippen LogP contribution >= 0.6 is 0 Å². The maximum absolute atomic E-state index is 3.05. The lowest BCUT2D eigenvalue weighted by Gasteiger charge is -2.45. The van der Waals surface area contributed by atoms with Crippen LogP contribution < -0.4 is 67.7 Å². The van der Waals surface area contributed by atoms with Crippen LogP contribution in [-0.4, -0.2) is 27.4 Å².